The highest BCUT2D eigenvalue weighted by molar-refractivity contribution is 7.78. The van der Waals surface area contributed by atoms with Crippen molar-refractivity contribution in [3.05, 3.63) is 89.4 Å². The molecule has 33 heavy (non-hydrogen) atoms. The summed E-state index contributed by atoms with van der Waals surface area (Å²) >= 11 is 3.79. The van der Waals surface area contributed by atoms with Crippen LogP contribution in [0.5, 0.6) is 5.75 Å². The molecule has 6 nitrogen and oxygen atoms in total. The first-order valence-corrected chi connectivity index (χ1v) is 11.5. The zero-order chi connectivity index (χ0) is 23.3. The molecule has 1 saturated carbocycles. The fraction of sp³-hybridized carbons (Fsp3) is 0.308. The molecule has 1 N–H and O–H groups in total. The summed E-state index contributed by atoms with van der Waals surface area (Å²) in [5, 5.41) is 0. The third kappa shape index (κ3) is 5.25. The summed E-state index contributed by atoms with van der Waals surface area (Å²) in [6.07, 6.45) is 3.35. The maximum Gasteiger partial charge on any atom is 0.296 e. The van der Waals surface area contributed by atoms with Crippen LogP contribution < -0.4 is 9.46 Å². The van der Waals surface area contributed by atoms with E-state index in [0.717, 1.165) is 37.0 Å². The number of rotatable bonds is 10. The number of thiol groups is 1. The van der Waals surface area contributed by atoms with Gasteiger partial charge in [0.05, 0.1) is 19.1 Å². The molecule has 7 heteroatoms. The van der Waals surface area contributed by atoms with Crippen LogP contribution in [0.1, 0.15) is 46.7 Å². The standard InChI is InChI=1S/C26H28N2O4S/c1-31-21-11-9-20(10-12-21)26(15-16-26)25(30)28(17-5-8-19-6-3-2-4-7-19)18-22-13-14-23(32-22)24(29)27-33/h2-4,6-7,9-14,33H,5,8,15-18H2,1H3,(H,27,29). The number of furan rings is 1. The van der Waals surface area contributed by atoms with Crippen molar-refractivity contribution < 1.29 is 18.7 Å². The number of aryl methyl sites for hydroxylation is 1. The lowest BCUT2D eigenvalue weighted by Crippen LogP contribution is -2.39. The maximum absolute atomic E-state index is 13.8. The largest absolute Gasteiger partial charge is 0.497 e. The number of benzene rings is 2. The minimum atomic E-state index is -0.503. The lowest BCUT2D eigenvalue weighted by Gasteiger charge is -2.27. The quantitative estimate of drug-likeness (QED) is 0.432. The van der Waals surface area contributed by atoms with E-state index in [1.165, 1.54) is 5.56 Å². The van der Waals surface area contributed by atoms with E-state index in [9.17, 15) is 9.59 Å². The van der Waals surface area contributed by atoms with E-state index in [4.69, 9.17) is 9.15 Å². The number of nitrogens with one attached hydrogen (secondary N) is 1. The third-order valence-electron chi connectivity index (χ3n) is 6.16. The molecule has 0 saturated heterocycles. The minimum Gasteiger partial charge on any atom is -0.497 e. The molecule has 4 rings (SSSR count). The van der Waals surface area contributed by atoms with Crippen LogP contribution in [0.3, 0.4) is 0 Å². The van der Waals surface area contributed by atoms with Crippen LogP contribution in [0.25, 0.3) is 0 Å². The zero-order valence-corrected chi connectivity index (χ0v) is 19.5. The summed E-state index contributed by atoms with van der Waals surface area (Å²) in [4.78, 5) is 27.5. The molecule has 1 aliphatic rings. The first-order chi connectivity index (χ1) is 16.1. The molecule has 0 bridgehead atoms. The monoisotopic (exact) mass is 464 g/mol. The molecule has 0 aliphatic heterocycles. The number of carbonyl (C=O) groups excluding carboxylic acids is 2. The number of nitrogens with zero attached hydrogens (tertiary/aromatic N) is 1. The number of carbonyl (C=O) groups is 2. The van der Waals surface area contributed by atoms with E-state index in [0.29, 0.717) is 18.8 Å². The molecule has 1 aromatic heterocycles. The Bertz CT molecular complexity index is 1090. The molecule has 3 aromatic rings. The summed E-state index contributed by atoms with van der Waals surface area (Å²) in [6, 6.07) is 21.3. The second-order valence-electron chi connectivity index (χ2n) is 8.33. The van der Waals surface area contributed by atoms with Crippen LogP contribution >= 0.6 is 12.8 Å². The smallest absolute Gasteiger partial charge is 0.296 e. The molecule has 0 unspecified atom stereocenters. The van der Waals surface area contributed by atoms with Crippen LogP contribution in [0.4, 0.5) is 0 Å². The highest BCUT2D eigenvalue weighted by Crippen LogP contribution is 2.50. The van der Waals surface area contributed by atoms with Crippen molar-refractivity contribution in [2.24, 2.45) is 0 Å². The van der Waals surface area contributed by atoms with Gasteiger partial charge < -0.3 is 14.1 Å². The SMILES string of the molecule is COc1ccc(C2(C(=O)N(CCCc3ccccc3)Cc3ccc(C(=O)NS)o3)CC2)cc1. The van der Waals surface area contributed by atoms with Gasteiger partial charge in [-0.05, 0) is 61.1 Å². The Kier molecular flexibility index (Phi) is 7.08. The van der Waals surface area contributed by atoms with E-state index in [-0.39, 0.29) is 11.7 Å². The van der Waals surface area contributed by atoms with Crippen molar-refractivity contribution in [3.8, 4) is 5.75 Å². The summed E-state index contributed by atoms with van der Waals surface area (Å²) in [5.41, 5.74) is 1.75. The molecule has 172 valence electrons. The lowest BCUT2D eigenvalue weighted by molar-refractivity contribution is -0.135. The van der Waals surface area contributed by atoms with Gasteiger partial charge in [-0.2, -0.15) is 0 Å². The summed E-state index contributed by atoms with van der Waals surface area (Å²) in [5.74, 6) is 1.20. The Morgan fingerprint density at radius 1 is 1.06 bits per heavy atom. The van der Waals surface area contributed by atoms with Crippen LogP contribution in [-0.4, -0.2) is 30.4 Å². The van der Waals surface area contributed by atoms with Crippen LogP contribution in [-0.2, 0) is 23.2 Å². The van der Waals surface area contributed by atoms with Gasteiger partial charge in [0.15, 0.2) is 5.76 Å². The fourth-order valence-electron chi connectivity index (χ4n) is 4.16. The van der Waals surface area contributed by atoms with Crippen molar-refractivity contribution in [2.75, 3.05) is 13.7 Å². The van der Waals surface area contributed by atoms with Gasteiger partial charge in [-0.15, -0.1) is 0 Å². The number of ether oxygens (including phenoxy) is 1. The van der Waals surface area contributed by atoms with Gasteiger partial charge in [-0.1, -0.05) is 55.3 Å². The molecular weight excluding hydrogens is 436 g/mol. The van der Waals surface area contributed by atoms with Crippen LogP contribution in [0, 0.1) is 0 Å². The predicted molar refractivity (Wildman–Crippen MR) is 129 cm³/mol. The van der Waals surface area contributed by atoms with E-state index >= 15 is 0 Å². The van der Waals surface area contributed by atoms with Gasteiger partial charge in [0.25, 0.3) is 5.91 Å². The van der Waals surface area contributed by atoms with E-state index in [1.54, 1.807) is 19.2 Å². The van der Waals surface area contributed by atoms with Crippen molar-refractivity contribution in [1.82, 2.24) is 9.62 Å². The molecule has 2 amide bonds. The minimum absolute atomic E-state index is 0.0947. The number of hydrogen-bond acceptors (Lipinski definition) is 5. The lowest BCUT2D eigenvalue weighted by atomic mass is 9.94. The second kappa shape index (κ2) is 10.2. The Labute approximate surface area is 199 Å². The Morgan fingerprint density at radius 3 is 2.42 bits per heavy atom. The van der Waals surface area contributed by atoms with E-state index < -0.39 is 11.3 Å². The first-order valence-electron chi connectivity index (χ1n) is 11.1. The molecule has 0 radical (unpaired) electrons. The van der Waals surface area contributed by atoms with Gasteiger partial charge in [-0.25, -0.2) is 0 Å². The van der Waals surface area contributed by atoms with Gasteiger partial charge in [-0.3, -0.25) is 14.3 Å². The third-order valence-corrected chi connectivity index (χ3v) is 6.36. The number of methoxy groups -OCH3 is 1. The molecule has 0 atom stereocenters. The normalized spacial score (nSPS) is 13.9. The molecule has 2 aromatic carbocycles. The molecule has 1 heterocycles. The summed E-state index contributed by atoms with van der Waals surface area (Å²) in [6.45, 7) is 0.909. The maximum atomic E-state index is 13.8. The van der Waals surface area contributed by atoms with Gasteiger partial charge in [0.2, 0.25) is 5.91 Å². The fourth-order valence-corrected chi connectivity index (χ4v) is 4.27. The molecular formula is C26H28N2O4S. The van der Waals surface area contributed by atoms with Crippen LogP contribution in [0.15, 0.2) is 71.1 Å². The number of hydrogen-bond donors (Lipinski definition) is 2. The van der Waals surface area contributed by atoms with Gasteiger partial charge >= 0.3 is 0 Å². The molecule has 0 spiro atoms. The summed E-state index contributed by atoms with van der Waals surface area (Å²) < 4.78 is 13.2. The average Bonchev–Trinajstić information content (AvgIpc) is 3.54. The predicted octanol–water partition coefficient (Wildman–Crippen LogP) is 4.56. The number of amides is 2. The van der Waals surface area contributed by atoms with Crippen molar-refractivity contribution >= 4 is 24.6 Å². The second-order valence-corrected chi connectivity index (χ2v) is 8.56. The Balaban J connectivity index is 1.52. The van der Waals surface area contributed by atoms with Crippen molar-refractivity contribution in [1.29, 1.82) is 0 Å². The van der Waals surface area contributed by atoms with E-state index in [1.807, 2.05) is 47.4 Å². The topological polar surface area (TPSA) is 71.8 Å². The Morgan fingerprint density at radius 2 is 1.79 bits per heavy atom. The zero-order valence-electron chi connectivity index (χ0n) is 18.6. The van der Waals surface area contributed by atoms with Gasteiger partial charge in [0.1, 0.15) is 11.5 Å². The highest BCUT2D eigenvalue weighted by Gasteiger charge is 2.53. The van der Waals surface area contributed by atoms with Gasteiger partial charge in [0, 0.05) is 6.54 Å². The van der Waals surface area contributed by atoms with Crippen molar-refractivity contribution in [2.45, 2.75) is 37.6 Å². The molecule has 1 aliphatic carbocycles. The first kappa shape index (κ1) is 23.0. The van der Waals surface area contributed by atoms with Crippen molar-refractivity contribution in [3.63, 3.8) is 0 Å². The van der Waals surface area contributed by atoms with Crippen LogP contribution in [0.2, 0.25) is 0 Å². The Hall–Kier alpha value is -3.19. The van der Waals surface area contributed by atoms with E-state index in [2.05, 4.69) is 29.7 Å². The average molecular weight is 465 g/mol. The molecule has 1 fully saturated rings. The summed E-state index contributed by atoms with van der Waals surface area (Å²) in [7, 11) is 1.63. The highest BCUT2D eigenvalue weighted by atomic mass is 32.1.